The quantitative estimate of drug-likeness (QED) is 0.471. The molecular formula is C5H11N3. The van der Waals surface area contributed by atoms with Crippen molar-refractivity contribution >= 4 is 5.96 Å². The third-order valence-corrected chi connectivity index (χ3v) is 1.49. The second-order valence-electron chi connectivity index (χ2n) is 2.17. The van der Waals surface area contributed by atoms with Crippen molar-refractivity contribution < 1.29 is 0 Å². The number of nitrogens with one attached hydrogen (secondary N) is 1. The van der Waals surface area contributed by atoms with Crippen molar-refractivity contribution in [3.63, 3.8) is 0 Å². The van der Waals surface area contributed by atoms with Crippen LogP contribution < -0.4 is 0 Å². The van der Waals surface area contributed by atoms with Crippen LogP contribution in [0.5, 0.6) is 0 Å². The van der Waals surface area contributed by atoms with Crippen molar-refractivity contribution in [2.45, 2.75) is 0 Å². The lowest BCUT2D eigenvalue weighted by Crippen LogP contribution is -2.26. The first-order valence-electron chi connectivity index (χ1n) is 2.72. The molecule has 1 aliphatic heterocycles. The van der Waals surface area contributed by atoms with E-state index in [4.69, 9.17) is 5.41 Å². The predicted molar refractivity (Wildman–Crippen MR) is 33.0 cm³/mol. The van der Waals surface area contributed by atoms with Crippen molar-refractivity contribution in [1.29, 1.82) is 5.41 Å². The fourth-order valence-electron chi connectivity index (χ4n) is 0.803. The summed E-state index contributed by atoms with van der Waals surface area (Å²) in [4.78, 5) is 3.86. The van der Waals surface area contributed by atoms with Crippen LogP contribution in [0.1, 0.15) is 0 Å². The van der Waals surface area contributed by atoms with Crippen LogP contribution in [0, 0.1) is 5.41 Å². The fourth-order valence-corrected chi connectivity index (χ4v) is 0.803. The highest BCUT2D eigenvalue weighted by Gasteiger charge is 2.16. The van der Waals surface area contributed by atoms with Gasteiger partial charge in [0.25, 0.3) is 0 Å². The van der Waals surface area contributed by atoms with E-state index in [1.807, 2.05) is 23.9 Å². The molecular weight excluding hydrogens is 102 g/mol. The monoisotopic (exact) mass is 113 g/mol. The zero-order valence-electron chi connectivity index (χ0n) is 5.31. The minimum atomic E-state index is 0.630. The Labute approximate surface area is 49.4 Å². The molecule has 1 N–H and O–H groups in total. The maximum absolute atomic E-state index is 7.31. The van der Waals surface area contributed by atoms with Crippen LogP contribution in [0.4, 0.5) is 0 Å². The van der Waals surface area contributed by atoms with E-state index in [0.717, 1.165) is 13.1 Å². The molecule has 0 radical (unpaired) electrons. The molecule has 0 saturated carbocycles. The van der Waals surface area contributed by atoms with Gasteiger partial charge in [0.05, 0.1) is 0 Å². The van der Waals surface area contributed by atoms with E-state index in [1.54, 1.807) is 0 Å². The largest absolute Gasteiger partial charge is 0.344 e. The third-order valence-electron chi connectivity index (χ3n) is 1.49. The van der Waals surface area contributed by atoms with Crippen LogP contribution in [0.15, 0.2) is 0 Å². The predicted octanol–water partition coefficient (Wildman–Crippen LogP) is -0.202. The zero-order chi connectivity index (χ0) is 6.15. The van der Waals surface area contributed by atoms with Crippen LogP contribution >= 0.6 is 0 Å². The summed E-state index contributed by atoms with van der Waals surface area (Å²) in [5, 5.41) is 7.31. The van der Waals surface area contributed by atoms with Gasteiger partial charge in [0, 0.05) is 27.2 Å². The summed E-state index contributed by atoms with van der Waals surface area (Å²) < 4.78 is 0. The molecule has 3 heteroatoms. The molecule has 0 aliphatic carbocycles. The van der Waals surface area contributed by atoms with E-state index < -0.39 is 0 Å². The molecule has 0 aromatic rings. The van der Waals surface area contributed by atoms with Gasteiger partial charge < -0.3 is 9.80 Å². The van der Waals surface area contributed by atoms with Gasteiger partial charge in [-0.05, 0) is 0 Å². The molecule has 0 amide bonds. The van der Waals surface area contributed by atoms with Gasteiger partial charge in [0.2, 0.25) is 0 Å². The van der Waals surface area contributed by atoms with E-state index in [2.05, 4.69) is 0 Å². The maximum atomic E-state index is 7.31. The minimum absolute atomic E-state index is 0.630. The number of likely N-dealkylation sites (N-methyl/N-ethyl adjacent to an activating group) is 2. The summed E-state index contributed by atoms with van der Waals surface area (Å²) in [6, 6.07) is 0. The smallest absolute Gasteiger partial charge is 0.193 e. The molecule has 8 heavy (non-hydrogen) atoms. The fraction of sp³-hybridized carbons (Fsp3) is 0.800. The Morgan fingerprint density at radius 1 is 1.25 bits per heavy atom. The lowest BCUT2D eigenvalue weighted by molar-refractivity contribution is 0.553. The minimum Gasteiger partial charge on any atom is -0.344 e. The number of guanidine groups is 1. The molecule has 1 heterocycles. The summed E-state index contributed by atoms with van der Waals surface area (Å²) in [6.45, 7) is 1.99. The first-order valence-corrected chi connectivity index (χ1v) is 2.72. The summed E-state index contributed by atoms with van der Waals surface area (Å²) in [5.74, 6) is 0.630. The van der Waals surface area contributed by atoms with Crippen LogP contribution in [0.3, 0.4) is 0 Å². The second-order valence-corrected chi connectivity index (χ2v) is 2.17. The van der Waals surface area contributed by atoms with E-state index in [9.17, 15) is 0 Å². The standard InChI is InChI=1S/C5H11N3/c1-7-3-4-8(2)5(7)6/h6H,3-4H2,1-2H3. The topological polar surface area (TPSA) is 30.3 Å². The third kappa shape index (κ3) is 0.638. The van der Waals surface area contributed by atoms with Crippen molar-refractivity contribution in [3.05, 3.63) is 0 Å². The van der Waals surface area contributed by atoms with E-state index >= 15 is 0 Å². The van der Waals surface area contributed by atoms with Gasteiger partial charge in [0.15, 0.2) is 5.96 Å². The highest BCUT2D eigenvalue weighted by Crippen LogP contribution is 1.99. The van der Waals surface area contributed by atoms with Crippen molar-refractivity contribution in [2.75, 3.05) is 27.2 Å². The van der Waals surface area contributed by atoms with Crippen molar-refractivity contribution in [2.24, 2.45) is 0 Å². The molecule has 3 nitrogen and oxygen atoms in total. The van der Waals surface area contributed by atoms with Gasteiger partial charge in [0.1, 0.15) is 0 Å². The Morgan fingerprint density at radius 2 is 1.62 bits per heavy atom. The molecule has 1 fully saturated rings. The number of rotatable bonds is 0. The van der Waals surface area contributed by atoms with E-state index in [0.29, 0.717) is 5.96 Å². The van der Waals surface area contributed by atoms with Gasteiger partial charge in [-0.3, -0.25) is 5.41 Å². The zero-order valence-corrected chi connectivity index (χ0v) is 5.31. The first-order chi connectivity index (χ1) is 3.72. The Morgan fingerprint density at radius 3 is 1.75 bits per heavy atom. The van der Waals surface area contributed by atoms with Gasteiger partial charge in [-0.1, -0.05) is 0 Å². The average molecular weight is 113 g/mol. The molecule has 46 valence electrons. The molecule has 0 aromatic carbocycles. The molecule has 0 atom stereocenters. The summed E-state index contributed by atoms with van der Waals surface area (Å²) in [5.41, 5.74) is 0. The molecule has 0 spiro atoms. The molecule has 1 saturated heterocycles. The molecule has 0 aromatic heterocycles. The molecule has 1 rings (SSSR count). The Kier molecular flexibility index (Phi) is 1.12. The number of nitrogens with zero attached hydrogens (tertiary/aromatic N) is 2. The maximum Gasteiger partial charge on any atom is 0.193 e. The first kappa shape index (κ1) is 5.41. The van der Waals surface area contributed by atoms with E-state index in [1.165, 1.54) is 0 Å². The number of hydrogen-bond donors (Lipinski definition) is 1. The van der Waals surface area contributed by atoms with Crippen LogP contribution in [0.2, 0.25) is 0 Å². The molecule has 0 bridgehead atoms. The normalized spacial score (nSPS) is 20.5. The molecule has 0 unspecified atom stereocenters. The van der Waals surface area contributed by atoms with Gasteiger partial charge in [-0.2, -0.15) is 0 Å². The van der Waals surface area contributed by atoms with Crippen LogP contribution in [-0.2, 0) is 0 Å². The van der Waals surface area contributed by atoms with Crippen molar-refractivity contribution in [1.82, 2.24) is 9.80 Å². The van der Waals surface area contributed by atoms with Gasteiger partial charge in [-0.25, -0.2) is 0 Å². The number of hydrogen-bond acceptors (Lipinski definition) is 1. The summed E-state index contributed by atoms with van der Waals surface area (Å²) in [6.07, 6.45) is 0. The Balaban J connectivity index is 2.57. The highest BCUT2D eigenvalue weighted by atomic mass is 15.4. The lowest BCUT2D eigenvalue weighted by Gasteiger charge is -2.11. The molecule has 1 aliphatic rings. The lowest BCUT2D eigenvalue weighted by atomic mass is 10.6. The SMILES string of the molecule is CN1CCN(C)C1=N. The van der Waals surface area contributed by atoms with Crippen LogP contribution in [-0.4, -0.2) is 42.9 Å². The average Bonchev–Trinajstić information content (AvgIpc) is 1.98. The Bertz CT molecular complexity index is 98.2. The highest BCUT2D eigenvalue weighted by molar-refractivity contribution is 5.78. The Hall–Kier alpha value is -0.730. The second kappa shape index (κ2) is 1.65. The van der Waals surface area contributed by atoms with Crippen LogP contribution in [0.25, 0.3) is 0 Å². The van der Waals surface area contributed by atoms with Crippen molar-refractivity contribution in [3.8, 4) is 0 Å². The summed E-state index contributed by atoms with van der Waals surface area (Å²) >= 11 is 0. The van der Waals surface area contributed by atoms with Gasteiger partial charge >= 0.3 is 0 Å². The van der Waals surface area contributed by atoms with E-state index in [-0.39, 0.29) is 0 Å². The van der Waals surface area contributed by atoms with Gasteiger partial charge in [-0.15, -0.1) is 0 Å². The summed E-state index contributed by atoms with van der Waals surface area (Å²) in [7, 11) is 3.87.